The van der Waals surface area contributed by atoms with Crippen molar-refractivity contribution in [2.45, 2.75) is 6.61 Å². The molecule has 3 aromatic carbocycles. The summed E-state index contributed by atoms with van der Waals surface area (Å²) in [7, 11) is 0. The summed E-state index contributed by atoms with van der Waals surface area (Å²) in [5.41, 5.74) is 2.39. The average molecular weight is 605 g/mol. The summed E-state index contributed by atoms with van der Waals surface area (Å²) in [4.78, 5) is 27.0. The van der Waals surface area contributed by atoms with E-state index < -0.39 is 10.9 Å². The van der Waals surface area contributed by atoms with Gasteiger partial charge >= 0.3 is 5.97 Å². The first-order valence-electron chi connectivity index (χ1n) is 9.33. The Morgan fingerprint density at radius 1 is 1.12 bits per heavy atom. The molecule has 0 atom stereocenters. The molecule has 32 heavy (non-hydrogen) atoms. The molecule has 7 nitrogen and oxygen atoms in total. The summed E-state index contributed by atoms with van der Waals surface area (Å²) < 4.78 is 13.0. The van der Waals surface area contributed by atoms with Gasteiger partial charge in [-0.1, -0.05) is 24.3 Å². The van der Waals surface area contributed by atoms with Crippen molar-refractivity contribution in [2.75, 3.05) is 0 Å². The number of cyclic esters (lactones) is 1. The average Bonchev–Trinajstić information content (AvgIpc) is 3.15. The summed E-state index contributed by atoms with van der Waals surface area (Å²) in [6.07, 6.45) is 1.64. The summed E-state index contributed by atoms with van der Waals surface area (Å²) in [5.74, 6) is 0.344. The predicted octanol–water partition coefficient (Wildman–Crippen LogP) is 5.89. The Morgan fingerprint density at radius 3 is 2.62 bits per heavy atom. The third-order valence-corrected chi connectivity index (χ3v) is 6.84. The molecule has 0 aromatic heterocycles. The van der Waals surface area contributed by atoms with Gasteiger partial charge in [0.25, 0.3) is 5.69 Å². The molecule has 1 heterocycles. The number of carbonyl (C=O) groups is 1. The minimum absolute atomic E-state index is 0.0223. The number of nitro groups is 1. The van der Waals surface area contributed by atoms with Gasteiger partial charge in [-0.15, -0.1) is 0 Å². The van der Waals surface area contributed by atoms with Gasteiger partial charge in [0.15, 0.2) is 5.70 Å². The Hall–Kier alpha value is -3.05. The Kier molecular flexibility index (Phi) is 6.66. The number of benzene rings is 3. The first-order chi connectivity index (χ1) is 15.4. The molecule has 160 valence electrons. The second-order valence-corrected chi connectivity index (χ2v) is 8.77. The van der Waals surface area contributed by atoms with Crippen molar-refractivity contribution in [3.63, 3.8) is 0 Å². The van der Waals surface area contributed by atoms with Crippen LogP contribution < -0.4 is 4.74 Å². The first-order valence-corrected chi connectivity index (χ1v) is 11.2. The molecule has 0 saturated heterocycles. The molecule has 0 spiro atoms. The van der Waals surface area contributed by atoms with E-state index in [0.29, 0.717) is 16.9 Å². The number of hydrogen-bond donors (Lipinski definition) is 0. The summed E-state index contributed by atoms with van der Waals surface area (Å²) in [6.45, 7) is 0.202. The molecule has 4 rings (SSSR count). The van der Waals surface area contributed by atoms with Gasteiger partial charge in [0, 0.05) is 25.7 Å². The van der Waals surface area contributed by atoms with Crippen molar-refractivity contribution in [3.8, 4) is 5.75 Å². The van der Waals surface area contributed by atoms with Crippen LogP contribution in [0.25, 0.3) is 6.08 Å². The molecular formula is C23H14BrIN2O5. The van der Waals surface area contributed by atoms with Gasteiger partial charge in [0.2, 0.25) is 5.90 Å². The lowest BCUT2D eigenvalue weighted by atomic mass is 10.2. The lowest BCUT2D eigenvalue weighted by Crippen LogP contribution is -2.05. The highest BCUT2D eigenvalue weighted by Crippen LogP contribution is 2.25. The van der Waals surface area contributed by atoms with Crippen LogP contribution in [0.5, 0.6) is 5.75 Å². The summed E-state index contributed by atoms with van der Waals surface area (Å²) in [5, 5.41) is 10.9. The zero-order valence-corrected chi connectivity index (χ0v) is 20.1. The predicted molar refractivity (Wildman–Crippen MR) is 131 cm³/mol. The van der Waals surface area contributed by atoms with E-state index in [4.69, 9.17) is 9.47 Å². The Balaban J connectivity index is 1.45. The van der Waals surface area contributed by atoms with Crippen LogP contribution in [0.1, 0.15) is 16.7 Å². The van der Waals surface area contributed by atoms with E-state index in [1.165, 1.54) is 12.1 Å². The first kappa shape index (κ1) is 22.2. The number of nitrogens with zero attached hydrogens (tertiary/aromatic N) is 2. The third kappa shape index (κ3) is 5.22. The SMILES string of the molecule is O=C1OC(c2ccc(I)c(Br)c2)=N/C1=C\c1ccc(OCc2cccc([N+](=O)[O-])c2)cc1. The molecule has 0 saturated carbocycles. The summed E-state index contributed by atoms with van der Waals surface area (Å²) >= 11 is 5.66. The highest BCUT2D eigenvalue weighted by atomic mass is 127. The fourth-order valence-corrected chi connectivity index (χ4v) is 3.62. The Morgan fingerprint density at radius 2 is 1.91 bits per heavy atom. The molecule has 0 bridgehead atoms. The van der Waals surface area contributed by atoms with Crippen molar-refractivity contribution in [2.24, 2.45) is 4.99 Å². The number of rotatable bonds is 6. The normalized spacial score (nSPS) is 14.2. The van der Waals surface area contributed by atoms with E-state index in [0.717, 1.165) is 13.6 Å². The smallest absolute Gasteiger partial charge is 0.363 e. The molecule has 1 aliphatic heterocycles. The fraction of sp³-hybridized carbons (Fsp3) is 0.0435. The quantitative estimate of drug-likeness (QED) is 0.115. The maximum absolute atomic E-state index is 12.2. The van der Waals surface area contributed by atoms with Crippen LogP contribution in [0, 0.1) is 13.7 Å². The maximum Gasteiger partial charge on any atom is 0.363 e. The number of nitro benzene ring substituents is 1. The molecule has 0 aliphatic carbocycles. The summed E-state index contributed by atoms with van der Waals surface area (Å²) in [6, 6.07) is 19.0. The lowest BCUT2D eigenvalue weighted by molar-refractivity contribution is -0.384. The second-order valence-electron chi connectivity index (χ2n) is 6.75. The van der Waals surface area contributed by atoms with Gasteiger partial charge in [-0.25, -0.2) is 9.79 Å². The fourth-order valence-electron chi connectivity index (χ4n) is 2.91. The van der Waals surface area contributed by atoms with Crippen molar-refractivity contribution >= 4 is 62.2 Å². The largest absolute Gasteiger partial charge is 0.489 e. The Bertz CT molecular complexity index is 1270. The van der Waals surface area contributed by atoms with Gasteiger partial charge < -0.3 is 9.47 Å². The monoisotopic (exact) mass is 604 g/mol. The highest BCUT2D eigenvalue weighted by Gasteiger charge is 2.24. The number of halogens is 2. The molecule has 0 amide bonds. The van der Waals surface area contributed by atoms with E-state index in [1.807, 2.05) is 18.2 Å². The maximum atomic E-state index is 12.2. The topological polar surface area (TPSA) is 91.0 Å². The van der Waals surface area contributed by atoms with E-state index in [-0.39, 0.29) is 23.9 Å². The van der Waals surface area contributed by atoms with Crippen LogP contribution >= 0.6 is 38.5 Å². The van der Waals surface area contributed by atoms with Gasteiger partial charge in [0.1, 0.15) is 12.4 Å². The van der Waals surface area contributed by atoms with Gasteiger partial charge in [-0.3, -0.25) is 10.1 Å². The van der Waals surface area contributed by atoms with Crippen molar-refractivity contribution in [1.29, 1.82) is 0 Å². The second kappa shape index (κ2) is 9.61. The van der Waals surface area contributed by atoms with Crippen molar-refractivity contribution < 1.29 is 19.2 Å². The zero-order chi connectivity index (χ0) is 22.7. The minimum atomic E-state index is -0.513. The number of ether oxygens (including phenoxy) is 2. The Labute approximate surface area is 205 Å². The molecule has 1 aliphatic rings. The van der Waals surface area contributed by atoms with E-state index >= 15 is 0 Å². The lowest BCUT2D eigenvalue weighted by Gasteiger charge is -2.06. The van der Waals surface area contributed by atoms with Crippen LogP contribution in [-0.4, -0.2) is 16.8 Å². The van der Waals surface area contributed by atoms with Crippen LogP contribution in [0.15, 0.2) is 81.9 Å². The number of esters is 1. The van der Waals surface area contributed by atoms with E-state index in [1.54, 1.807) is 42.5 Å². The van der Waals surface area contributed by atoms with Crippen molar-refractivity contribution in [1.82, 2.24) is 0 Å². The van der Waals surface area contributed by atoms with Gasteiger partial charge in [-0.2, -0.15) is 0 Å². The zero-order valence-electron chi connectivity index (χ0n) is 16.3. The third-order valence-electron chi connectivity index (χ3n) is 4.50. The van der Waals surface area contributed by atoms with Crippen LogP contribution in [0.3, 0.4) is 0 Å². The molecule has 0 fully saturated rings. The number of aliphatic imine (C=N–C) groups is 1. The van der Waals surface area contributed by atoms with Crippen LogP contribution in [-0.2, 0) is 16.1 Å². The van der Waals surface area contributed by atoms with E-state index in [9.17, 15) is 14.9 Å². The van der Waals surface area contributed by atoms with Crippen LogP contribution in [0.2, 0.25) is 0 Å². The number of carbonyl (C=O) groups excluding carboxylic acids is 1. The molecule has 0 radical (unpaired) electrons. The molecule has 3 aromatic rings. The number of non-ortho nitro benzene ring substituents is 1. The minimum Gasteiger partial charge on any atom is -0.489 e. The van der Waals surface area contributed by atoms with E-state index in [2.05, 4.69) is 43.5 Å². The van der Waals surface area contributed by atoms with Crippen LogP contribution in [0.4, 0.5) is 5.69 Å². The standard InChI is InChI=1S/C23H14BrIN2O5/c24-19-12-16(6-9-20(19)25)22-26-21(23(28)32-22)11-14-4-7-18(8-5-14)31-13-15-2-1-3-17(10-15)27(29)30/h1-12H,13H2/b21-11-. The van der Waals surface area contributed by atoms with Gasteiger partial charge in [-0.05, 0) is 86.1 Å². The highest BCUT2D eigenvalue weighted by molar-refractivity contribution is 14.1. The molecule has 0 N–H and O–H groups in total. The molecule has 9 heteroatoms. The van der Waals surface area contributed by atoms with Gasteiger partial charge in [0.05, 0.1) is 4.92 Å². The molecular weight excluding hydrogens is 591 g/mol. The van der Waals surface area contributed by atoms with Crippen molar-refractivity contribution in [3.05, 3.63) is 107 Å². The molecule has 0 unspecified atom stereocenters. The number of hydrogen-bond acceptors (Lipinski definition) is 6.